The Balaban J connectivity index is -0.000000180. The molecule has 0 aliphatic carbocycles. The number of hydrogen-bond donors (Lipinski definition) is 1. The van der Waals surface area contributed by atoms with Gasteiger partial charge >= 0.3 is 21.1 Å². The number of rotatable bonds is 1. The molecule has 0 aromatic carbocycles. The van der Waals surface area contributed by atoms with Crippen LogP contribution in [0.25, 0.3) is 0 Å². The minimum absolute atomic E-state index is 0. The van der Waals surface area contributed by atoms with Crippen LogP contribution in [0.15, 0.2) is 0 Å². The molecule has 0 bridgehead atoms. The van der Waals surface area contributed by atoms with E-state index < -0.39 is 11.9 Å². The maximum atomic E-state index is 9.65. The molecule has 0 saturated heterocycles. The third-order valence-corrected chi connectivity index (χ3v) is 0.454. The van der Waals surface area contributed by atoms with Crippen molar-refractivity contribution in [2.45, 2.75) is 0 Å². The van der Waals surface area contributed by atoms with Gasteiger partial charge in [0.15, 0.2) is 0 Å². The molecule has 1 atom stereocenters. The number of nitriles is 1. The summed E-state index contributed by atoms with van der Waals surface area (Å²) >= 11 is 0. The number of aliphatic carboxylic acids is 1. The van der Waals surface area contributed by atoms with Gasteiger partial charge in [-0.05, 0) is 0 Å². The van der Waals surface area contributed by atoms with Crippen molar-refractivity contribution in [3.8, 4) is 6.07 Å². The molecular weight excluding hydrogens is 290 g/mol. The summed E-state index contributed by atoms with van der Waals surface area (Å²) < 4.78 is 0. The van der Waals surface area contributed by atoms with Gasteiger partial charge in [-0.25, -0.2) is 5.26 Å². The molecule has 0 aromatic heterocycles. The Morgan fingerprint density at radius 2 is 2.11 bits per heavy atom. The van der Waals surface area contributed by atoms with Gasteiger partial charge in [0.1, 0.15) is 0 Å². The van der Waals surface area contributed by atoms with E-state index in [1.54, 1.807) is 0 Å². The average Bonchev–Trinajstić information content (AvgIpc) is 1.65. The van der Waals surface area contributed by atoms with E-state index in [0.29, 0.717) is 0 Å². The second kappa shape index (κ2) is 7.65. The molecule has 0 rings (SSSR count). The zero-order chi connectivity index (χ0) is 5.86. The Bertz CT molecular complexity index is 119. The van der Waals surface area contributed by atoms with Gasteiger partial charge in [-0.15, -0.1) is 0 Å². The van der Waals surface area contributed by atoms with Crippen LogP contribution in [0.4, 0.5) is 0 Å². The van der Waals surface area contributed by atoms with E-state index in [9.17, 15) is 4.79 Å². The van der Waals surface area contributed by atoms with Crippen molar-refractivity contribution in [1.29, 1.82) is 5.26 Å². The van der Waals surface area contributed by atoms with Crippen LogP contribution in [0, 0.1) is 31.6 Å². The number of nitrogens with zero attached hydrogens (tertiary/aromatic N) is 1. The van der Waals surface area contributed by atoms with Crippen LogP contribution >= 0.6 is 0 Å². The van der Waals surface area contributed by atoms with Crippen molar-refractivity contribution in [2.75, 3.05) is 0 Å². The van der Waals surface area contributed by atoms with E-state index >= 15 is 0 Å². The molecule has 1 unspecified atom stereocenters. The number of hydrogen-bond acceptors (Lipinski definition) is 2. The fourth-order valence-electron chi connectivity index (χ4n) is 0.0552. The molecule has 0 heterocycles. The van der Waals surface area contributed by atoms with Crippen LogP contribution in [0.3, 0.4) is 0 Å². The molecule has 0 amide bonds. The number of carbonyl (C=O) groups is 1. The molecule has 3 nitrogen and oxygen atoms in total. The molecular formula is C5H7NO2W. The molecule has 0 aliphatic heterocycles. The van der Waals surface area contributed by atoms with Crippen molar-refractivity contribution in [3.63, 3.8) is 0 Å². The molecule has 1 N–H and O–H groups in total. The predicted octanol–water partition coefficient (Wildman–Crippen LogP) is 0.493. The quantitative estimate of drug-likeness (QED) is 0.717. The normalized spacial score (nSPS) is 9.33. The minimum Gasteiger partial charge on any atom is -0.482 e. The van der Waals surface area contributed by atoms with Crippen LogP contribution < -0.4 is 0 Å². The maximum Gasteiger partial charge on any atom is 2.00 e. The Kier molecular flexibility index (Phi) is 13.5. The Labute approximate surface area is 68.9 Å². The predicted molar refractivity (Wildman–Crippen MR) is 28.5 cm³/mol. The fourth-order valence-corrected chi connectivity index (χ4v) is 0.0552. The first-order chi connectivity index (χ1) is 3.18. The molecule has 50 valence electrons. The van der Waals surface area contributed by atoms with Gasteiger partial charge in [0.05, 0.1) is 0 Å². The summed E-state index contributed by atoms with van der Waals surface area (Å²) in [5, 5.41) is 15.7. The summed E-state index contributed by atoms with van der Waals surface area (Å²) in [5.41, 5.74) is 0. The summed E-state index contributed by atoms with van der Waals surface area (Å²) in [6.07, 6.45) is 0. The Morgan fingerprint density at radius 1 is 1.78 bits per heavy atom. The summed E-state index contributed by atoms with van der Waals surface area (Å²) in [7, 11) is 0. The first kappa shape index (κ1) is 15.9. The first-order valence-corrected chi connectivity index (χ1v) is 1.64. The standard InChI is InChI=1S/C4H4NO2.CH3.W/c1-3(2-5)4(6)7;;/h3H,1H2,(H,6,7);1H3;/q2*-1;+2. The molecule has 0 aliphatic rings. The van der Waals surface area contributed by atoms with E-state index in [1.165, 1.54) is 6.07 Å². The van der Waals surface area contributed by atoms with Crippen molar-refractivity contribution in [1.82, 2.24) is 0 Å². The van der Waals surface area contributed by atoms with Crippen molar-refractivity contribution < 1.29 is 31.0 Å². The fraction of sp³-hybridized carbons (Fsp3) is 0.200. The molecule has 0 aromatic rings. The minimum atomic E-state index is -1.18. The van der Waals surface area contributed by atoms with Crippen molar-refractivity contribution in [3.05, 3.63) is 14.4 Å². The molecule has 4 heteroatoms. The Hall–Kier alpha value is -0.352. The molecule has 0 radical (unpaired) electrons. The van der Waals surface area contributed by atoms with E-state index in [2.05, 4.69) is 6.92 Å². The van der Waals surface area contributed by atoms with Gasteiger partial charge in [0.25, 0.3) is 5.97 Å². The van der Waals surface area contributed by atoms with Crippen molar-refractivity contribution in [2.24, 2.45) is 5.92 Å². The van der Waals surface area contributed by atoms with Crippen LogP contribution in [0.5, 0.6) is 0 Å². The molecule has 0 spiro atoms. The zero-order valence-corrected chi connectivity index (χ0v) is 7.93. The molecule has 0 fully saturated rings. The topological polar surface area (TPSA) is 61.1 Å². The smallest absolute Gasteiger partial charge is 0.482 e. The van der Waals surface area contributed by atoms with Crippen LogP contribution in [0.2, 0.25) is 0 Å². The van der Waals surface area contributed by atoms with Gasteiger partial charge in [-0.1, -0.05) is 0 Å². The van der Waals surface area contributed by atoms with E-state index in [4.69, 9.17) is 10.4 Å². The molecule has 0 saturated carbocycles. The Morgan fingerprint density at radius 3 is 2.11 bits per heavy atom. The van der Waals surface area contributed by atoms with Gasteiger partial charge in [0, 0.05) is 12.0 Å². The van der Waals surface area contributed by atoms with Crippen LogP contribution in [0.1, 0.15) is 0 Å². The molecule has 9 heavy (non-hydrogen) atoms. The number of carboxylic acid groups (broad SMARTS) is 1. The largest absolute Gasteiger partial charge is 2.00 e. The SMILES string of the molecule is [CH2-]C(C#N)C(=O)O.[CH3-].[W+2]. The third kappa shape index (κ3) is 7.65. The van der Waals surface area contributed by atoms with Crippen molar-refractivity contribution >= 4 is 5.97 Å². The van der Waals surface area contributed by atoms with Crippen LogP contribution in [-0.2, 0) is 25.9 Å². The van der Waals surface area contributed by atoms with E-state index in [0.717, 1.165) is 0 Å². The second-order valence-electron chi connectivity index (χ2n) is 1.02. The van der Waals surface area contributed by atoms with E-state index in [-0.39, 0.29) is 28.5 Å². The van der Waals surface area contributed by atoms with E-state index in [1.807, 2.05) is 0 Å². The third-order valence-electron chi connectivity index (χ3n) is 0.454. The maximum absolute atomic E-state index is 9.65. The summed E-state index contributed by atoms with van der Waals surface area (Å²) in [5.74, 6) is -2.30. The van der Waals surface area contributed by atoms with Crippen LogP contribution in [-0.4, -0.2) is 11.1 Å². The van der Waals surface area contributed by atoms with Gasteiger partial charge in [0.2, 0.25) is 0 Å². The summed E-state index contributed by atoms with van der Waals surface area (Å²) in [6, 6.07) is 1.45. The zero-order valence-electron chi connectivity index (χ0n) is 5.00. The number of carboxylic acids is 1. The summed E-state index contributed by atoms with van der Waals surface area (Å²) in [4.78, 5) is 9.65. The van der Waals surface area contributed by atoms with Gasteiger partial charge < -0.3 is 19.5 Å². The van der Waals surface area contributed by atoms with Gasteiger partial charge in [-0.3, -0.25) is 4.79 Å². The average molecular weight is 297 g/mol. The monoisotopic (exact) mass is 297 g/mol. The summed E-state index contributed by atoms with van der Waals surface area (Å²) in [6.45, 7) is 3.00. The first-order valence-electron chi connectivity index (χ1n) is 1.64. The van der Waals surface area contributed by atoms with Gasteiger partial charge in [-0.2, -0.15) is 0 Å². The second-order valence-corrected chi connectivity index (χ2v) is 1.02.